The summed E-state index contributed by atoms with van der Waals surface area (Å²) in [7, 11) is 2.13. The highest BCUT2D eigenvalue weighted by atomic mass is 16.5. The maximum atomic E-state index is 6.94. The smallest absolute Gasteiger partial charge is 0.161 e. The van der Waals surface area contributed by atoms with Crippen molar-refractivity contribution in [1.82, 2.24) is 15.0 Å². The summed E-state index contributed by atoms with van der Waals surface area (Å²) in [6.07, 6.45) is 13.0. The topological polar surface area (TPSA) is 67.6 Å². The number of hydrogen-bond donors (Lipinski definition) is 0. The van der Waals surface area contributed by atoms with Crippen LogP contribution in [0.3, 0.4) is 0 Å². The molecule has 0 N–H and O–H groups in total. The van der Waals surface area contributed by atoms with Gasteiger partial charge in [-0.1, -0.05) is 196 Å². The molecule has 76 heavy (non-hydrogen) atoms. The van der Waals surface area contributed by atoms with E-state index in [9.17, 15) is 0 Å². The minimum Gasteiger partial charge on any atom is -0.489 e. The number of para-hydroxylation sites is 1. The zero-order chi connectivity index (χ0) is 52.9. The summed E-state index contributed by atoms with van der Waals surface area (Å²) in [5.41, 5.74) is 17.1. The molecule has 7 nitrogen and oxygen atoms in total. The van der Waals surface area contributed by atoms with Crippen molar-refractivity contribution in [3.05, 3.63) is 178 Å². The first-order valence-corrected chi connectivity index (χ1v) is 27.9. The van der Waals surface area contributed by atoms with Crippen LogP contribution in [0, 0.1) is 23.7 Å². The molecule has 1 radical (unpaired) electrons. The number of rotatable bonds is 22. The van der Waals surface area contributed by atoms with E-state index in [0.717, 1.165) is 110 Å². The molecule has 10 rings (SSSR count). The van der Waals surface area contributed by atoms with E-state index in [-0.39, 0.29) is 0 Å². The van der Waals surface area contributed by atoms with Crippen molar-refractivity contribution in [2.45, 2.75) is 93.3 Å². The molecule has 8 heteroatoms. The van der Waals surface area contributed by atoms with E-state index in [1.807, 2.05) is 22.9 Å². The molecular weight excluding hydrogens is 934 g/mol. The molecule has 0 amide bonds. The summed E-state index contributed by atoms with van der Waals surface area (Å²) in [5, 5.41) is 8.85. The van der Waals surface area contributed by atoms with E-state index in [0.29, 0.717) is 50.1 Å². The molecular formula is C68H73BN3O4. The van der Waals surface area contributed by atoms with Crippen LogP contribution in [-0.4, -0.2) is 48.7 Å². The Balaban J connectivity index is 1.19. The zero-order valence-electron chi connectivity index (χ0n) is 46.0. The SMILES string of the molecule is C[B]c1ccc(/C=C/c2ccc3c(c2)C2(c4cc(/C=C/c5ccc(-n6nnc7ccccc76)cc5)ccc4-3)c3cc(OCC(C)CC)c(OCC(C)CC)cc3-c3cc(OCC(C)CC)c(OCC(C)CC)cc32)cc1. The van der Waals surface area contributed by atoms with Crippen LogP contribution in [-0.2, 0) is 5.41 Å². The van der Waals surface area contributed by atoms with Crippen molar-refractivity contribution < 1.29 is 18.9 Å². The lowest BCUT2D eigenvalue weighted by molar-refractivity contribution is 0.217. The first kappa shape index (κ1) is 52.1. The van der Waals surface area contributed by atoms with Gasteiger partial charge in [0.1, 0.15) is 12.8 Å². The van der Waals surface area contributed by atoms with Crippen LogP contribution in [0.25, 0.3) is 63.3 Å². The zero-order valence-corrected chi connectivity index (χ0v) is 46.0. The predicted molar refractivity (Wildman–Crippen MR) is 317 cm³/mol. The second-order valence-corrected chi connectivity index (χ2v) is 21.6. The van der Waals surface area contributed by atoms with Crippen molar-refractivity contribution in [3.8, 4) is 50.9 Å². The fourth-order valence-electron chi connectivity index (χ4n) is 10.3. The molecule has 1 aromatic heterocycles. The normalized spacial score (nSPS) is 15.9. The molecule has 4 atom stereocenters. The molecule has 2 aliphatic rings. The van der Waals surface area contributed by atoms with Gasteiger partial charge in [-0.05, 0) is 151 Å². The van der Waals surface area contributed by atoms with Gasteiger partial charge in [-0.2, -0.15) is 0 Å². The molecule has 1 spiro atoms. The molecule has 0 bridgehead atoms. The second kappa shape index (κ2) is 22.9. The number of hydrogen-bond acceptors (Lipinski definition) is 6. The van der Waals surface area contributed by atoms with Crippen molar-refractivity contribution >= 4 is 48.1 Å². The van der Waals surface area contributed by atoms with E-state index >= 15 is 0 Å². The van der Waals surface area contributed by atoms with Crippen molar-refractivity contribution in [1.29, 1.82) is 0 Å². The van der Waals surface area contributed by atoms with Gasteiger partial charge in [0, 0.05) is 0 Å². The highest BCUT2D eigenvalue weighted by Crippen LogP contribution is 2.65. The Bertz CT molecular complexity index is 3310. The maximum absolute atomic E-state index is 6.94. The minimum absolute atomic E-state index is 0.365. The molecule has 2 aliphatic carbocycles. The number of nitrogens with zero attached hydrogens (tertiary/aromatic N) is 3. The van der Waals surface area contributed by atoms with Crippen LogP contribution in [0.15, 0.2) is 133 Å². The van der Waals surface area contributed by atoms with Crippen LogP contribution < -0.4 is 24.4 Å². The Kier molecular flexibility index (Phi) is 15.7. The van der Waals surface area contributed by atoms with Gasteiger partial charge in [0.2, 0.25) is 0 Å². The molecule has 4 unspecified atom stereocenters. The molecule has 0 fully saturated rings. The number of fused-ring (bicyclic) bond motifs is 11. The standard InChI is InChI=1S/C68H73BN3O4/c1-10-44(5)40-73-64-36-56-57-37-65(74-41-45(6)11-2)67(76-43-47(8)13-4)39-61(57)68(60(56)38-66(64)75-42-46(7)12-3)58-34-50(20-18-48-22-28-52(69-9)29-23-48)26-32-54(58)55-33-27-51(35-59(55)68)21-19-49-24-30-53(31-25-49)72-63-17-15-14-16-62(63)70-71-72/h14-39,44-47H,10-13,40-43H2,1-9H3/b20-18+,21-19+. The Morgan fingerprint density at radius 2 is 0.855 bits per heavy atom. The van der Waals surface area contributed by atoms with E-state index in [2.05, 4.69) is 219 Å². The molecule has 387 valence electrons. The number of ether oxygens (including phenoxy) is 4. The fraction of sp³-hybridized carbons (Fsp3) is 0.324. The molecule has 8 aromatic rings. The van der Waals surface area contributed by atoms with Crippen LogP contribution in [0.5, 0.6) is 23.0 Å². The van der Waals surface area contributed by atoms with Gasteiger partial charge in [0.15, 0.2) is 23.0 Å². The third-order valence-electron chi connectivity index (χ3n) is 16.0. The van der Waals surface area contributed by atoms with Gasteiger partial charge in [0.25, 0.3) is 0 Å². The number of benzene rings is 7. The molecule has 0 aliphatic heterocycles. The summed E-state index contributed by atoms with van der Waals surface area (Å²) in [6, 6.07) is 48.5. The Morgan fingerprint density at radius 1 is 0.461 bits per heavy atom. The van der Waals surface area contributed by atoms with Gasteiger partial charge in [-0.25, -0.2) is 4.68 Å². The highest BCUT2D eigenvalue weighted by Gasteiger charge is 2.53. The van der Waals surface area contributed by atoms with Gasteiger partial charge >= 0.3 is 0 Å². The Hall–Kier alpha value is -7.32. The molecule has 7 aromatic carbocycles. The lowest BCUT2D eigenvalue weighted by Crippen LogP contribution is -2.26. The quantitative estimate of drug-likeness (QED) is 0.0498. The van der Waals surface area contributed by atoms with Gasteiger partial charge in [0.05, 0.1) is 43.0 Å². The molecule has 0 saturated heterocycles. The molecule has 0 saturated carbocycles. The monoisotopic (exact) mass is 1010 g/mol. The van der Waals surface area contributed by atoms with E-state index in [1.165, 1.54) is 27.7 Å². The third-order valence-corrected chi connectivity index (χ3v) is 16.0. The van der Waals surface area contributed by atoms with Crippen LogP contribution in [0.1, 0.15) is 126 Å². The lowest BCUT2D eigenvalue weighted by Gasteiger charge is -2.32. The summed E-state index contributed by atoms with van der Waals surface area (Å²) >= 11 is 0. The largest absolute Gasteiger partial charge is 0.489 e. The summed E-state index contributed by atoms with van der Waals surface area (Å²) < 4.78 is 29.5. The summed E-state index contributed by atoms with van der Waals surface area (Å²) in [5.74, 6) is 4.56. The maximum Gasteiger partial charge on any atom is 0.161 e. The lowest BCUT2D eigenvalue weighted by atomic mass is 9.70. The van der Waals surface area contributed by atoms with Crippen LogP contribution in [0.2, 0.25) is 6.82 Å². The van der Waals surface area contributed by atoms with E-state index in [1.54, 1.807) is 0 Å². The first-order chi connectivity index (χ1) is 37.0. The molecule has 1 heterocycles. The van der Waals surface area contributed by atoms with Crippen LogP contribution >= 0.6 is 0 Å². The average Bonchev–Trinajstić information content (AvgIpc) is 4.27. The first-order valence-electron chi connectivity index (χ1n) is 27.9. The van der Waals surface area contributed by atoms with Crippen LogP contribution in [0.4, 0.5) is 0 Å². The van der Waals surface area contributed by atoms with Crippen molar-refractivity contribution in [2.24, 2.45) is 23.7 Å². The highest BCUT2D eigenvalue weighted by molar-refractivity contribution is 6.51. The van der Waals surface area contributed by atoms with Crippen molar-refractivity contribution in [2.75, 3.05) is 26.4 Å². The van der Waals surface area contributed by atoms with Gasteiger partial charge < -0.3 is 18.9 Å². The second-order valence-electron chi connectivity index (χ2n) is 21.6. The summed E-state index contributed by atoms with van der Waals surface area (Å²) in [4.78, 5) is 0. The number of aromatic nitrogens is 3. The van der Waals surface area contributed by atoms with Crippen molar-refractivity contribution in [3.63, 3.8) is 0 Å². The third kappa shape index (κ3) is 10.4. The van der Waals surface area contributed by atoms with E-state index in [4.69, 9.17) is 18.9 Å². The average molecular weight is 1010 g/mol. The fourth-order valence-corrected chi connectivity index (χ4v) is 10.3. The summed E-state index contributed by atoms with van der Waals surface area (Å²) in [6.45, 7) is 22.3. The van der Waals surface area contributed by atoms with E-state index < -0.39 is 5.41 Å². The Labute approximate surface area is 452 Å². The minimum atomic E-state index is -0.767. The predicted octanol–water partition coefficient (Wildman–Crippen LogP) is 16.2. The van der Waals surface area contributed by atoms with Gasteiger partial charge in [-0.3, -0.25) is 0 Å². The van der Waals surface area contributed by atoms with Gasteiger partial charge in [-0.15, -0.1) is 5.10 Å². The Morgan fingerprint density at radius 3 is 1.30 bits per heavy atom.